The van der Waals surface area contributed by atoms with E-state index in [1.165, 1.54) is 6.07 Å². The third-order valence-corrected chi connectivity index (χ3v) is 3.80. The summed E-state index contributed by atoms with van der Waals surface area (Å²) in [7, 11) is 0. The van der Waals surface area contributed by atoms with Gasteiger partial charge in [0.25, 0.3) is 0 Å². The molecule has 24 heavy (non-hydrogen) atoms. The van der Waals surface area contributed by atoms with Crippen molar-refractivity contribution >= 4 is 28.3 Å². The standard InChI is InChI=1S/C19H16N2O3/c22-18(21-17-8-4-3-7-16(17)19(23)24)10-9-14-12-20-11-13-5-1-2-6-15(13)14/h1-8,11-12H,9-10H2,(H,21,22)(H,23,24). The van der Waals surface area contributed by atoms with Crippen LogP contribution >= 0.6 is 0 Å². The van der Waals surface area contributed by atoms with E-state index in [0.717, 1.165) is 16.3 Å². The SMILES string of the molecule is O=C(CCc1cncc2ccccc12)Nc1ccccc1C(=O)O. The number of aromatic nitrogens is 1. The number of benzene rings is 2. The molecule has 0 unspecified atom stereocenters. The molecule has 0 atom stereocenters. The topological polar surface area (TPSA) is 79.3 Å². The lowest BCUT2D eigenvalue weighted by molar-refractivity contribution is -0.116. The maximum Gasteiger partial charge on any atom is 0.337 e. The molecule has 2 N–H and O–H groups in total. The Morgan fingerprint density at radius 2 is 1.75 bits per heavy atom. The Hall–Kier alpha value is -3.21. The second-order valence-electron chi connectivity index (χ2n) is 5.42. The van der Waals surface area contributed by atoms with Gasteiger partial charge < -0.3 is 10.4 Å². The van der Waals surface area contributed by atoms with Gasteiger partial charge in [0, 0.05) is 24.2 Å². The van der Waals surface area contributed by atoms with Crippen molar-refractivity contribution in [3.8, 4) is 0 Å². The first-order valence-electron chi connectivity index (χ1n) is 7.59. The molecule has 0 aliphatic rings. The zero-order chi connectivity index (χ0) is 16.9. The number of rotatable bonds is 5. The molecule has 1 heterocycles. The third-order valence-electron chi connectivity index (χ3n) is 3.80. The number of carbonyl (C=O) groups excluding carboxylic acids is 1. The van der Waals surface area contributed by atoms with Crippen LogP contribution in [0.1, 0.15) is 22.3 Å². The fourth-order valence-corrected chi connectivity index (χ4v) is 2.62. The second kappa shape index (κ2) is 6.91. The van der Waals surface area contributed by atoms with E-state index in [1.54, 1.807) is 30.6 Å². The molecule has 3 aromatic rings. The first kappa shape index (κ1) is 15.7. The molecule has 0 saturated carbocycles. The average Bonchev–Trinajstić information content (AvgIpc) is 2.60. The van der Waals surface area contributed by atoms with Crippen molar-refractivity contribution in [1.29, 1.82) is 0 Å². The maximum absolute atomic E-state index is 12.2. The number of aromatic carboxylic acids is 1. The van der Waals surface area contributed by atoms with E-state index in [2.05, 4.69) is 10.3 Å². The van der Waals surface area contributed by atoms with Crippen molar-refractivity contribution in [2.24, 2.45) is 0 Å². The number of amides is 1. The highest BCUT2D eigenvalue weighted by atomic mass is 16.4. The number of carboxylic acids is 1. The van der Waals surface area contributed by atoms with Crippen LogP contribution in [-0.4, -0.2) is 22.0 Å². The van der Waals surface area contributed by atoms with E-state index in [1.807, 2.05) is 24.3 Å². The van der Waals surface area contributed by atoms with Crippen molar-refractivity contribution in [3.05, 3.63) is 72.1 Å². The van der Waals surface area contributed by atoms with Gasteiger partial charge in [-0.25, -0.2) is 4.79 Å². The molecular formula is C19H16N2O3. The molecule has 2 aromatic carbocycles. The minimum Gasteiger partial charge on any atom is -0.478 e. The Balaban J connectivity index is 1.71. The van der Waals surface area contributed by atoms with Gasteiger partial charge in [-0.15, -0.1) is 0 Å². The molecule has 120 valence electrons. The van der Waals surface area contributed by atoms with Gasteiger partial charge in [-0.1, -0.05) is 36.4 Å². The van der Waals surface area contributed by atoms with Crippen LogP contribution < -0.4 is 5.32 Å². The number of para-hydroxylation sites is 1. The Morgan fingerprint density at radius 1 is 1.00 bits per heavy atom. The summed E-state index contributed by atoms with van der Waals surface area (Å²) in [5, 5.41) is 13.9. The quantitative estimate of drug-likeness (QED) is 0.754. The fraction of sp³-hybridized carbons (Fsp3) is 0.105. The van der Waals surface area contributed by atoms with E-state index in [0.29, 0.717) is 12.1 Å². The van der Waals surface area contributed by atoms with Crippen LogP contribution in [0.15, 0.2) is 60.9 Å². The van der Waals surface area contributed by atoms with E-state index in [4.69, 9.17) is 5.11 Å². The van der Waals surface area contributed by atoms with Crippen molar-refractivity contribution in [1.82, 2.24) is 4.98 Å². The largest absolute Gasteiger partial charge is 0.478 e. The van der Waals surface area contributed by atoms with Gasteiger partial charge in [0.1, 0.15) is 0 Å². The highest BCUT2D eigenvalue weighted by Gasteiger charge is 2.12. The zero-order valence-corrected chi connectivity index (χ0v) is 12.9. The number of aryl methyl sites for hydroxylation is 1. The average molecular weight is 320 g/mol. The number of hydrogen-bond acceptors (Lipinski definition) is 3. The first-order valence-corrected chi connectivity index (χ1v) is 7.59. The monoisotopic (exact) mass is 320 g/mol. The number of nitrogens with zero attached hydrogens (tertiary/aromatic N) is 1. The number of carboxylic acid groups (broad SMARTS) is 1. The lowest BCUT2D eigenvalue weighted by atomic mass is 10.0. The minimum atomic E-state index is -1.07. The molecule has 0 fully saturated rings. The first-order chi connectivity index (χ1) is 11.6. The van der Waals surface area contributed by atoms with Crippen molar-refractivity contribution < 1.29 is 14.7 Å². The predicted molar refractivity (Wildman–Crippen MR) is 92.1 cm³/mol. The summed E-state index contributed by atoms with van der Waals surface area (Å²) in [4.78, 5) is 27.5. The third kappa shape index (κ3) is 3.41. The van der Waals surface area contributed by atoms with Gasteiger partial charge in [0.15, 0.2) is 0 Å². The molecule has 1 amide bonds. The van der Waals surface area contributed by atoms with Crippen LogP contribution in [-0.2, 0) is 11.2 Å². The van der Waals surface area contributed by atoms with Gasteiger partial charge in [-0.3, -0.25) is 9.78 Å². The van der Waals surface area contributed by atoms with Crippen LogP contribution in [0.3, 0.4) is 0 Å². The molecule has 3 rings (SSSR count). The van der Waals surface area contributed by atoms with Crippen LogP contribution in [0.4, 0.5) is 5.69 Å². The molecule has 0 saturated heterocycles. The summed E-state index contributed by atoms with van der Waals surface area (Å²) in [6.07, 6.45) is 4.35. The maximum atomic E-state index is 12.2. The predicted octanol–water partition coefficient (Wildman–Crippen LogP) is 3.50. The van der Waals surface area contributed by atoms with Crippen LogP contribution in [0.25, 0.3) is 10.8 Å². The molecule has 0 radical (unpaired) electrons. The van der Waals surface area contributed by atoms with Gasteiger partial charge in [-0.2, -0.15) is 0 Å². The number of carbonyl (C=O) groups is 2. The van der Waals surface area contributed by atoms with Crippen molar-refractivity contribution in [2.75, 3.05) is 5.32 Å². The highest BCUT2D eigenvalue weighted by molar-refractivity contribution is 6.00. The highest BCUT2D eigenvalue weighted by Crippen LogP contribution is 2.19. The lowest BCUT2D eigenvalue weighted by Gasteiger charge is -2.09. The van der Waals surface area contributed by atoms with Gasteiger partial charge in [0.2, 0.25) is 5.91 Å². The summed E-state index contributed by atoms with van der Waals surface area (Å²) < 4.78 is 0. The molecule has 0 spiro atoms. The number of hydrogen-bond donors (Lipinski definition) is 2. The zero-order valence-electron chi connectivity index (χ0n) is 12.9. The number of fused-ring (bicyclic) bond motifs is 1. The Kier molecular flexibility index (Phi) is 4.52. The van der Waals surface area contributed by atoms with Crippen molar-refractivity contribution in [2.45, 2.75) is 12.8 Å². The minimum absolute atomic E-state index is 0.0812. The molecule has 0 bridgehead atoms. The van der Waals surface area contributed by atoms with E-state index >= 15 is 0 Å². The molecule has 0 aliphatic heterocycles. The van der Waals surface area contributed by atoms with Crippen LogP contribution in [0.2, 0.25) is 0 Å². The normalized spacial score (nSPS) is 10.5. The van der Waals surface area contributed by atoms with E-state index in [9.17, 15) is 9.59 Å². The smallest absolute Gasteiger partial charge is 0.337 e. The lowest BCUT2D eigenvalue weighted by Crippen LogP contribution is -2.15. The summed E-state index contributed by atoms with van der Waals surface area (Å²) in [5.41, 5.74) is 1.39. The summed E-state index contributed by atoms with van der Waals surface area (Å²) in [6, 6.07) is 14.3. The van der Waals surface area contributed by atoms with Gasteiger partial charge in [-0.05, 0) is 29.5 Å². The Bertz CT molecular complexity index is 901. The number of pyridine rings is 1. The molecule has 1 aromatic heterocycles. The number of anilines is 1. The van der Waals surface area contributed by atoms with E-state index < -0.39 is 5.97 Å². The molecule has 5 heteroatoms. The van der Waals surface area contributed by atoms with Crippen LogP contribution in [0, 0.1) is 0 Å². The Morgan fingerprint density at radius 3 is 2.58 bits per heavy atom. The van der Waals surface area contributed by atoms with Gasteiger partial charge in [0.05, 0.1) is 11.3 Å². The van der Waals surface area contributed by atoms with Crippen molar-refractivity contribution in [3.63, 3.8) is 0 Å². The Labute approximate surface area is 139 Å². The molecular weight excluding hydrogens is 304 g/mol. The number of nitrogens with one attached hydrogen (secondary N) is 1. The molecule has 5 nitrogen and oxygen atoms in total. The second-order valence-corrected chi connectivity index (χ2v) is 5.42. The van der Waals surface area contributed by atoms with Gasteiger partial charge >= 0.3 is 5.97 Å². The van der Waals surface area contributed by atoms with E-state index in [-0.39, 0.29) is 17.9 Å². The summed E-state index contributed by atoms with van der Waals surface area (Å²) >= 11 is 0. The fourth-order valence-electron chi connectivity index (χ4n) is 2.62. The van der Waals surface area contributed by atoms with Crippen LogP contribution in [0.5, 0.6) is 0 Å². The summed E-state index contributed by atoms with van der Waals surface area (Å²) in [6.45, 7) is 0. The molecule has 0 aliphatic carbocycles. The summed E-state index contributed by atoms with van der Waals surface area (Å²) in [5.74, 6) is -1.29.